The van der Waals surface area contributed by atoms with E-state index in [2.05, 4.69) is 11.8 Å². The van der Waals surface area contributed by atoms with Crippen molar-refractivity contribution in [1.29, 1.82) is 0 Å². The van der Waals surface area contributed by atoms with Gasteiger partial charge in [-0.05, 0) is 38.3 Å². The first-order valence-electron chi connectivity index (χ1n) is 5.31. The Morgan fingerprint density at radius 3 is 2.50 bits per heavy atom. The molecule has 1 saturated heterocycles. The van der Waals surface area contributed by atoms with Gasteiger partial charge in [-0.1, -0.05) is 13.3 Å². The minimum atomic E-state index is 0.486. The Kier molecular flexibility index (Phi) is 2.37. The molecule has 1 saturated carbocycles. The van der Waals surface area contributed by atoms with E-state index in [0.29, 0.717) is 6.04 Å². The summed E-state index contributed by atoms with van der Waals surface area (Å²) in [6.07, 6.45) is 5.25. The third-order valence-electron chi connectivity index (χ3n) is 3.45. The first kappa shape index (κ1) is 8.52. The molecule has 0 aromatic rings. The van der Waals surface area contributed by atoms with Crippen LogP contribution in [0, 0.1) is 5.92 Å². The monoisotopic (exact) mass is 168 g/mol. The summed E-state index contributed by atoms with van der Waals surface area (Å²) in [5.41, 5.74) is 5.86. The molecule has 70 valence electrons. The molecule has 0 spiro atoms. The maximum Gasteiger partial charge on any atom is 0.0127 e. The van der Waals surface area contributed by atoms with E-state index in [1.165, 1.54) is 38.8 Å². The molecule has 0 radical (unpaired) electrons. The van der Waals surface area contributed by atoms with Gasteiger partial charge in [0.1, 0.15) is 0 Å². The fraction of sp³-hybridized carbons (Fsp3) is 1.00. The van der Waals surface area contributed by atoms with Crippen molar-refractivity contribution in [1.82, 2.24) is 4.90 Å². The van der Waals surface area contributed by atoms with Gasteiger partial charge in [-0.3, -0.25) is 4.90 Å². The van der Waals surface area contributed by atoms with Crippen LogP contribution in [0.2, 0.25) is 0 Å². The zero-order chi connectivity index (χ0) is 8.55. The smallest absolute Gasteiger partial charge is 0.0127 e. The van der Waals surface area contributed by atoms with Crippen LogP contribution in [-0.4, -0.2) is 30.1 Å². The normalized spacial score (nSPS) is 38.5. The lowest BCUT2D eigenvalue weighted by Crippen LogP contribution is -2.41. The van der Waals surface area contributed by atoms with Crippen LogP contribution in [0.15, 0.2) is 0 Å². The number of nitrogens with two attached hydrogens (primary N) is 1. The Morgan fingerprint density at radius 1 is 1.33 bits per heavy atom. The highest BCUT2D eigenvalue weighted by molar-refractivity contribution is 4.95. The lowest BCUT2D eigenvalue weighted by atomic mass is 10.1. The Labute approximate surface area is 75.1 Å². The highest BCUT2D eigenvalue weighted by Gasteiger charge is 2.40. The Morgan fingerprint density at radius 2 is 2.00 bits per heavy atom. The molecule has 1 aliphatic carbocycles. The minimum Gasteiger partial charge on any atom is -0.328 e. The predicted octanol–water partition coefficient (Wildman–Crippen LogP) is 1.21. The maximum atomic E-state index is 5.86. The molecule has 2 N–H and O–H groups in total. The molecule has 0 aromatic heterocycles. The first-order valence-corrected chi connectivity index (χ1v) is 5.31. The van der Waals surface area contributed by atoms with Crippen molar-refractivity contribution < 1.29 is 0 Å². The molecule has 1 aliphatic heterocycles. The quantitative estimate of drug-likeness (QED) is 0.671. The molecule has 0 bridgehead atoms. The van der Waals surface area contributed by atoms with E-state index in [-0.39, 0.29) is 0 Å². The van der Waals surface area contributed by atoms with E-state index >= 15 is 0 Å². The van der Waals surface area contributed by atoms with Crippen LogP contribution >= 0.6 is 0 Å². The van der Waals surface area contributed by atoms with Crippen LogP contribution < -0.4 is 5.73 Å². The lowest BCUT2D eigenvalue weighted by Gasteiger charge is -2.30. The van der Waals surface area contributed by atoms with Gasteiger partial charge in [0.05, 0.1) is 0 Å². The molecule has 2 nitrogen and oxygen atoms in total. The molecular formula is C10H20N2. The van der Waals surface area contributed by atoms with Crippen molar-refractivity contribution in [3.05, 3.63) is 0 Å². The number of rotatable bonds is 2. The van der Waals surface area contributed by atoms with Crippen LogP contribution in [0.3, 0.4) is 0 Å². The summed E-state index contributed by atoms with van der Waals surface area (Å²) >= 11 is 0. The average Bonchev–Trinajstić information content (AvgIpc) is 2.85. The van der Waals surface area contributed by atoms with E-state index in [0.717, 1.165) is 12.0 Å². The zero-order valence-electron chi connectivity index (χ0n) is 8.00. The zero-order valence-corrected chi connectivity index (χ0v) is 8.00. The van der Waals surface area contributed by atoms with E-state index in [1.807, 2.05) is 0 Å². The average molecular weight is 168 g/mol. The maximum absolute atomic E-state index is 5.86. The number of hydrogen-bond acceptors (Lipinski definition) is 2. The number of likely N-dealkylation sites (tertiary alicyclic amines) is 1. The first-order chi connectivity index (χ1) is 5.81. The second-order valence-corrected chi connectivity index (χ2v) is 4.34. The fourth-order valence-corrected chi connectivity index (χ4v) is 2.37. The molecule has 12 heavy (non-hydrogen) atoms. The predicted molar refractivity (Wildman–Crippen MR) is 51.0 cm³/mol. The van der Waals surface area contributed by atoms with Crippen LogP contribution in [0.4, 0.5) is 0 Å². The van der Waals surface area contributed by atoms with E-state index < -0.39 is 0 Å². The summed E-state index contributed by atoms with van der Waals surface area (Å²) in [6, 6.07) is 1.42. The van der Waals surface area contributed by atoms with Gasteiger partial charge >= 0.3 is 0 Å². The summed E-state index contributed by atoms with van der Waals surface area (Å²) in [5.74, 6) is 1.01. The molecule has 2 heteroatoms. The summed E-state index contributed by atoms with van der Waals surface area (Å²) in [5, 5.41) is 0. The van der Waals surface area contributed by atoms with Crippen molar-refractivity contribution in [3.63, 3.8) is 0 Å². The van der Waals surface area contributed by atoms with Crippen molar-refractivity contribution in [2.45, 2.75) is 44.7 Å². The fourth-order valence-electron chi connectivity index (χ4n) is 2.37. The highest BCUT2D eigenvalue weighted by atomic mass is 15.2. The summed E-state index contributed by atoms with van der Waals surface area (Å²) in [4.78, 5) is 2.65. The van der Waals surface area contributed by atoms with Gasteiger partial charge in [-0.2, -0.15) is 0 Å². The van der Waals surface area contributed by atoms with Crippen LogP contribution in [0.1, 0.15) is 32.6 Å². The van der Waals surface area contributed by atoms with Gasteiger partial charge in [0.25, 0.3) is 0 Å². The molecular weight excluding hydrogens is 148 g/mol. The van der Waals surface area contributed by atoms with Crippen molar-refractivity contribution in [2.75, 3.05) is 13.1 Å². The molecule has 2 aliphatic rings. The summed E-state index contributed by atoms with van der Waals surface area (Å²) in [6.45, 7) is 4.81. The van der Waals surface area contributed by atoms with Gasteiger partial charge in [0, 0.05) is 12.1 Å². The van der Waals surface area contributed by atoms with Crippen LogP contribution in [0.5, 0.6) is 0 Å². The van der Waals surface area contributed by atoms with Gasteiger partial charge in [-0.25, -0.2) is 0 Å². The van der Waals surface area contributed by atoms with Crippen molar-refractivity contribution in [3.8, 4) is 0 Å². The van der Waals surface area contributed by atoms with Gasteiger partial charge in [0.15, 0.2) is 0 Å². The minimum absolute atomic E-state index is 0.486. The van der Waals surface area contributed by atoms with Crippen LogP contribution in [0.25, 0.3) is 0 Å². The van der Waals surface area contributed by atoms with Crippen molar-refractivity contribution in [2.24, 2.45) is 11.7 Å². The van der Waals surface area contributed by atoms with E-state index in [9.17, 15) is 0 Å². The number of piperidine rings is 1. The molecule has 2 fully saturated rings. The molecule has 2 unspecified atom stereocenters. The highest BCUT2D eigenvalue weighted by Crippen LogP contribution is 2.39. The van der Waals surface area contributed by atoms with Gasteiger partial charge in [0.2, 0.25) is 0 Å². The molecule has 0 amide bonds. The third kappa shape index (κ3) is 1.64. The summed E-state index contributed by atoms with van der Waals surface area (Å²) in [7, 11) is 0. The SMILES string of the molecule is CCC1CC1N1CCC(N)CC1. The third-order valence-corrected chi connectivity index (χ3v) is 3.45. The standard InChI is InChI=1S/C10H20N2/c1-2-8-7-10(8)12-5-3-9(11)4-6-12/h8-10H,2-7,11H2,1H3. The largest absolute Gasteiger partial charge is 0.328 e. The van der Waals surface area contributed by atoms with Gasteiger partial charge < -0.3 is 5.73 Å². The van der Waals surface area contributed by atoms with Crippen LogP contribution in [-0.2, 0) is 0 Å². The molecule has 2 rings (SSSR count). The van der Waals surface area contributed by atoms with Crippen molar-refractivity contribution >= 4 is 0 Å². The Hall–Kier alpha value is -0.0800. The van der Waals surface area contributed by atoms with Gasteiger partial charge in [-0.15, -0.1) is 0 Å². The lowest BCUT2D eigenvalue weighted by molar-refractivity contribution is 0.195. The number of hydrogen-bond donors (Lipinski definition) is 1. The molecule has 2 atom stereocenters. The number of nitrogens with zero attached hydrogens (tertiary/aromatic N) is 1. The molecule has 0 aromatic carbocycles. The van der Waals surface area contributed by atoms with E-state index in [1.54, 1.807) is 0 Å². The second kappa shape index (κ2) is 3.35. The Balaban J connectivity index is 1.76. The second-order valence-electron chi connectivity index (χ2n) is 4.34. The van der Waals surface area contributed by atoms with E-state index in [4.69, 9.17) is 5.73 Å². The summed E-state index contributed by atoms with van der Waals surface area (Å²) < 4.78 is 0. The Bertz CT molecular complexity index is 150. The molecule has 1 heterocycles. The topological polar surface area (TPSA) is 29.3 Å².